The summed E-state index contributed by atoms with van der Waals surface area (Å²) in [5.41, 5.74) is 5.11. The van der Waals surface area contributed by atoms with E-state index in [9.17, 15) is 4.79 Å². The highest BCUT2D eigenvalue weighted by molar-refractivity contribution is 5.79. The summed E-state index contributed by atoms with van der Waals surface area (Å²) < 4.78 is 4.98. The first kappa shape index (κ1) is 17.4. The van der Waals surface area contributed by atoms with Gasteiger partial charge in [0.2, 0.25) is 0 Å². The van der Waals surface area contributed by atoms with Crippen molar-refractivity contribution in [2.45, 2.75) is 59.0 Å². The minimum Gasteiger partial charge on any atom is -0.465 e. The Kier molecular flexibility index (Phi) is 7.48. The first-order chi connectivity index (χ1) is 8.20. The molecule has 108 valence electrons. The summed E-state index contributed by atoms with van der Waals surface area (Å²) in [4.78, 5) is 13.9. The molecule has 0 rings (SSSR count). The minimum absolute atomic E-state index is 0.310. The van der Waals surface area contributed by atoms with Crippen molar-refractivity contribution in [3.63, 3.8) is 0 Å². The Labute approximate surface area is 112 Å². The molecule has 0 aliphatic rings. The highest BCUT2D eigenvalue weighted by atomic mass is 16.5. The van der Waals surface area contributed by atoms with Gasteiger partial charge in [-0.15, -0.1) is 0 Å². The van der Waals surface area contributed by atoms with Crippen molar-refractivity contribution in [3.8, 4) is 0 Å². The van der Waals surface area contributed by atoms with Crippen LogP contribution in [0.2, 0.25) is 0 Å². The van der Waals surface area contributed by atoms with Crippen LogP contribution in [0, 0.1) is 5.92 Å². The molecule has 2 N–H and O–H groups in total. The van der Waals surface area contributed by atoms with Crippen LogP contribution in [0.1, 0.15) is 47.5 Å². The Morgan fingerprint density at radius 3 is 2.39 bits per heavy atom. The Morgan fingerprint density at radius 2 is 1.94 bits per heavy atom. The molecule has 0 aromatic rings. The van der Waals surface area contributed by atoms with E-state index in [-0.39, 0.29) is 5.97 Å². The second kappa shape index (κ2) is 7.74. The molecule has 0 saturated heterocycles. The van der Waals surface area contributed by atoms with Crippen LogP contribution >= 0.6 is 0 Å². The zero-order valence-electron chi connectivity index (χ0n) is 12.8. The van der Waals surface area contributed by atoms with Gasteiger partial charge in [-0.3, -0.25) is 4.79 Å². The lowest BCUT2D eigenvalue weighted by atomic mass is 9.98. The molecule has 0 saturated carbocycles. The molecule has 0 aromatic carbocycles. The van der Waals surface area contributed by atoms with E-state index < -0.39 is 5.54 Å². The van der Waals surface area contributed by atoms with E-state index in [2.05, 4.69) is 32.7 Å². The molecule has 0 radical (unpaired) electrons. The van der Waals surface area contributed by atoms with Gasteiger partial charge in [0.15, 0.2) is 0 Å². The Hall–Kier alpha value is -0.610. The Morgan fingerprint density at radius 1 is 1.39 bits per heavy atom. The molecule has 0 aromatic heterocycles. The summed E-state index contributed by atoms with van der Waals surface area (Å²) in [5, 5.41) is 0. The summed E-state index contributed by atoms with van der Waals surface area (Å²) in [6.45, 7) is 11.4. The van der Waals surface area contributed by atoms with Crippen LogP contribution in [0.15, 0.2) is 0 Å². The lowest BCUT2D eigenvalue weighted by Gasteiger charge is -2.29. The third-order valence-corrected chi connectivity index (χ3v) is 3.29. The molecular weight excluding hydrogens is 228 g/mol. The number of nitrogens with zero attached hydrogens (tertiary/aromatic N) is 1. The van der Waals surface area contributed by atoms with Crippen molar-refractivity contribution < 1.29 is 9.53 Å². The van der Waals surface area contributed by atoms with Crippen LogP contribution in [0.3, 0.4) is 0 Å². The Balaban J connectivity index is 4.18. The molecule has 18 heavy (non-hydrogen) atoms. The smallest absolute Gasteiger partial charge is 0.325 e. The summed E-state index contributed by atoms with van der Waals surface area (Å²) in [6, 6.07) is 0.503. The molecular formula is C14H30N2O2. The zero-order chi connectivity index (χ0) is 14.3. The van der Waals surface area contributed by atoms with E-state index in [0.29, 0.717) is 25.0 Å². The van der Waals surface area contributed by atoms with Gasteiger partial charge in [-0.2, -0.15) is 0 Å². The summed E-state index contributed by atoms with van der Waals surface area (Å²) in [6.07, 6.45) is 1.77. The number of hydrogen-bond acceptors (Lipinski definition) is 4. The lowest BCUT2D eigenvalue weighted by Crippen LogP contribution is -2.48. The molecule has 4 nitrogen and oxygen atoms in total. The number of carbonyl (C=O) groups excluding carboxylic acids is 1. The number of esters is 1. The SMILES string of the molecule is CCOC(=O)C(C)(N)CCN(C)C(C)CC(C)C. The van der Waals surface area contributed by atoms with Crippen molar-refractivity contribution in [1.29, 1.82) is 0 Å². The van der Waals surface area contributed by atoms with Crippen LogP contribution < -0.4 is 5.73 Å². The van der Waals surface area contributed by atoms with Crippen molar-refractivity contribution in [2.24, 2.45) is 11.7 Å². The molecule has 0 heterocycles. The van der Waals surface area contributed by atoms with Crippen molar-refractivity contribution in [3.05, 3.63) is 0 Å². The van der Waals surface area contributed by atoms with E-state index in [0.717, 1.165) is 13.0 Å². The van der Waals surface area contributed by atoms with Gasteiger partial charge in [-0.05, 0) is 46.6 Å². The summed E-state index contributed by atoms with van der Waals surface area (Å²) in [5.74, 6) is 0.367. The molecule has 0 amide bonds. The van der Waals surface area contributed by atoms with Crippen molar-refractivity contribution in [2.75, 3.05) is 20.2 Å². The average molecular weight is 258 g/mol. The second-order valence-electron chi connectivity index (χ2n) is 5.85. The highest BCUT2D eigenvalue weighted by Crippen LogP contribution is 2.13. The summed E-state index contributed by atoms with van der Waals surface area (Å²) in [7, 11) is 2.08. The summed E-state index contributed by atoms with van der Waals surface area (Å²) >= 11 is 0. The van der Waals surface area contributed by atoms with E-state index >= 15 is 0 Å². The van der Waals surface area contributed by atoms with Crippen LogP contribution in [0.5, 0.6) is 0 Å². The molecule has 0 aliphatic carbocycles. The predicted octanol–water partition coefficient (Wildman–Crippen LogP) is 2.02. The van der Waals surface area contributed by atoms with E-state index in [4.69, 9.17) is 10.5 Å². The van der Waals surface area contributed by atoms with Gasteiger partial charge in [-0.1, -0.05) is 13.8 Å². The Bertz CT molecular complexity index is 252. The number of rotatable bonds is 8. The maximum atomic E-state index is 11.7. The molecule has 0 spiro atoms. The molecule has 0 aliphatic heterocycles. The fraction of sp³-hybridized carbons (Fsp3) is 0.929. The molecule has 0 fully saturated rings. The van der Waals surface area contributed by atoms with Crippen LogP contribution in [0.25, 0.3) is 0 Å². The second-order valence-corrected chi connectivity index (χ2v) is 5.85. The third-order valence-electron chi connectivity index (χ3n) is 3.29. The first-order valence-corrected chi connectivity index (χ1v) is 6.87. The van der Waals surface area contributed by atoms with Gasteiger partial charge in [0.05, 0.1) is 6.61 Å². The fourth-order valence-corrected chi connectivity index (χ4v) is 1.89. The van der Waals surface area contributed by atoms with Crippen LogP contribution in [-0.2, 0) is 9.53 Å². The third kappa shape index (κ3) is 6.36. The van der Waals surface area contributed by atoms with E-state index in [1.54, 1.807) is 13.8 Å². The molecule has 2 unspecified atom stereocenters. The maximum Gasteiger partial charge on any atom is 0.325 e. The van der Waals surface area contributed by atoms with Crippen LogP contribution in [-0.4, -0.2) is 42.6 Å². The normalized spacial score (nSPS) is 16.7. The number of ether oxygens (including phenoxy) is 1. The average Bonchev–Trinajstić information content (AvgIpc) is 2.25. The van der Waals surface area contributed by atoms with E-state index in [1.807, 2.05) is 0 Å². The van der Waals surface area contributed by atoms with Gasteiger partial charge in [0, 0.05) is 12.6 Å². The van der Waals surface area contributed by atoms with E-state index in [1.165, 1.54) is 0 Å². The zero-order valence-corrected chi connectivity index (χ0v) is 12.8. The maximum absolute atomic E-state index is 11.7. The molecule has 0 bridgehead atoms. The van der Waals surface area contributed by atoms with Gasteiger partial charge >= 0.3 is 5.97 Å². The number of carbonyl (C=O) groups is 1. The largest absolute Gasteiger partial charge is 0.465 e. The number of nitrogens with two attached hydrogens (primary N) is 1. The van der Waals surface area contributed by atoms with Gasteiger partial charge in [0.1, 0.15) is 5.54 Å². The highest BCUT2D eigenvalue weighted by Gasteiger charge is 2.30. The van der Waals surface area contributed by atoms with Gasteiger partial charge < -0.3 is 15.4 Å². The molecule has 2 atom stereocenters. The fourth-order valence-electron chi connectivity index (χ4n) is 1.89. The monoisotopic (exact) mass is 258 g/mol. The van der Waals surface area contributed by atoms with Crippen molar-refractivity contribution in [1.82, 2.24) is 4.90 Å². The number of hydrogen-bond donors (Lipinski definition) is 1. The molecule has 4 heteroatoms. The topological polar surface area (TPSA) is 55.6 Å². The minimum atomic E-state index is -0.887. The van der Waals surface area contributed by atoms with Gasteiger partial charge in [0.25, 0.3) is 0 Å². The quantitative estimate of drug-likeness (QED) is 0.677. The van der Waals surface area contributed by atoms with Crippen molar-refractivity contribution >= 4 is 5.97 Å². The van der Waals surface area contributed by atoms with Crippen LogP contribution in [0.4, 0.5) is 0 Å². The van der Waals surface area contributed by atoms with Gasteiger partial charge in [-0.25, -0.2) is 0 Å². The first-order valence-electron chi connectivity index (χ1n) is 6.87. The standard InChI is InChI=1S/C14H30N2O2/c1-7-18-13(17)14(5,15)8-9-16(6)12(4)10-11(2)3/h11-12H,7-10,15H2,1-6H3. The lowest BCUT2D eigenvalue weighted by molar-refractivity contribution is -0.149. The predicted molar refractivity (Wildman–Crippen MR) is 75.4 cm³/mol.